The van der Waals surface area contributed by atoms with Crippen LogP contribution in [0.2, 0.25) is 0 Å². The van der Waals surface area contributed by atoms with E-state index in [0.29, 0.717) is 12.0 Å². The maximum Gasteiger partial charge on any atom is 0.522 e. The van der Waals surface area contributed by atoms with E-state index in [4.69, 9.17) is 4.84 Å². The summed E-state index contributed by atoms with van der Waals surface area (Å²) in [6.07, 6.45) is -3.10. The van der Waals surface area contributed by atoms with Crippen molar-refractivity contribution in [3.8, 4) is 0 Å². The summed E-state index contributed by atoms with van der Waals surface area (Å²) in [5, 5.41) is 1.02. The van der Waals surface area contributed by atoms with Gasteiger partial charge in [0.1, 0.15) is 0 Å². The van der Waals surface area contributed by atoms with Gasteiger partial charge in [-0.3, -0.25) is 14.4 Å². The number of rotatable bonds is 4. The van der Waals surface area contributed by atoms with Gasteiger partial charge in [0.2, 0.25) is 5.95 Å². The average Bonchev–Trinajstić information content (AvgIpc) is 2.94. The lowest BCUT2D eigenvalue weighted by atomic mass is 9.92. The van der Waals surface area contributed by atoms with E-state index in [0.717, 1.165) is 11.1 Å². The highest BCUT2D eigenvalue weighted by atomic mass is 19.4. The molecule has 1 saturated heterocycles. The minimum Gasteiger partial charge on any atom is -0.291 e. The van der Waals surface area contributed by atoms with Gasteiger partial charge in [0, 0.05) is 12.6 Å². The van der Waals surface area contributed by atoms with E-state index in [9.17, 15) is 22.4 Å². The molecule has 0 unspecified atom stereocenters. The third-order valence-electron chi connectivity index (χ3n) is 3.42. The molecule has 1 fully saturated rings. The molecule has 128 valence electrons. The summed E-state index contributed by atoms with van der Waals surface area (Å²) in [4.78, 5) is 21.3. The lowest BCUT2D eigenvalue weighted by Gasteiger charge is -2.31. The maximum absolute atomic E-state index is 12.9. The molecule has 0 aromatic carbocycles. The van der Waals surface area contributed by atoms with E-state index in [2.05, 4.69) is 9.72 Å². The molecule has 1 aromatic rings. The van der Waals surface area contributed by atoms with Gasteiger partial charge in [-0.15, -0.1) is 13.2 Å². The first-order valence-electron chi connectivity index (χ1n) is 6.89. The Balaban J connectivity index is 2.12. The number of ether oxygens (including phenoxy) is 1. The highest BCUT2D eigenvalue weighted by molar-refractivity contribution is 5.81. The van der Waals surface area contributed by atoms with E-state index in [1.54, 1.807) is 0 Å². The Morgan fingerprint density at radius 3 is 2.70 bits per heavy atom. The van der Waals surface area contributed by atoms with Gasteiger partial charge < -0.3 is 0 Å². The number of pyridine rings is 1. The first kappa shape index (κ1) is 17.6. The van der Waals surface area contributed by atoms with Crippen LogP contribution in [0.1, 0.15) is 31.9 Å². The van der Waals surface area contributed by atoms with Crippen LogP contribution in [-0.2, 0) is 14.4 Å². The minimum atomic E-state index is -4.82. The van der Waals surface area contributed by atoms with Crippen molar-refractivity contribution in [3.05, 3.63) is 29.8 Å². The van der Waals surface area contributed by atoms with Gasteiger partial charge in [-0.25, -0.2) is 10.0 Å². The second-order valence-corrected chi connectivity index (χ2v) is 5.80. The quantitative estimate of drug-likeness (QED) is 0.627. The van der Waals surface area contributed by atoms with Gasteiger partial charge in [-0.1, -0.05) is 6.07 Å². The smallest absolute Gasteiger partial charge is 0.291 e. The van der Waals surface area contributed by atoms with Crippen LogP contribution in [0.4, 0.5) is 17.6 Å². The first-order chi connectivity index (χ1) is 10.6. The fraction of sp³-hybridized carbons (Fsp3) is 0.571. The second kappa shape index (κ2) is 6.40. The van der Waals surface area contributed by atoms with Gasteiger partial charge >= 0.3 is 6.36 Å². The molecule has 1 atom stereocenters. The number of alkyl halides is 3. The van der Waals surface area contributed by atoms with Gasteiger partial charge in [0.25, 0.3) is 5.91 Å². The largest absolute Gasteiger partial charge is 0.522 e. The van der Waals surface area contributed by atoms with E-state index in [1.165, 1.54) is 26.1 Å². The standard InChI is InChI=1S/C14H16F4N2O3/c1-13(2,8-22-14(16,17)18)12(21)20-10(5-6-23-20)9-3-4-11(15)19-7-9/h3-4,7,10H,5-6,8H2,1-2H3/t10-/m0/s1. The molecule has 0 saturated carbocycles. The maximum atomic E-state index is 12.9. The molecule has 1 amide bonds. The SMILES string of the molecule is CC(C)(COC(F)(F)F)C(=O)N1OCC[C@H]1c1ccc(F)nc1. The Morgan fingerprint density at radius 1 is 1.43 bits per heavy atom. The number of hydroxylamine groups is 2. The molecule has 1 aliphatic rings. The van der Waals surface area contributed by atoms with Crippen LogP contribution in [-0.4, -0.2) is 35.5 Å². The van der Waals surface area contributed by atoms with E-state index < -0.39 is 36.3 Å². The molecule has 0 spiro atoms. The second-order valence-electron chi connectivity index (χ2n) is 5.80. The molecule has 9 heteroatoms. The summed E-state index contributed by atoms with van der Waals surface area (Å²) < 4.78 is 53.2. The van der Waals surface area contributed by atoms with E-state index in [1.807, 2.05) is 0 Å². The summed E-state index contributed by atoms with van der Waals surface area (Å²) in [7, 11) is 0. The molecule has 0 aliphatic carbocycles. The zero-order chi connectivity index (χ0) is 17.3. The van der Waals surface area contributed by atoms with Gasteiger partial charge in [-0.2, -0.15) is 4.39 Å². The average molecular weight is 336 g/mol. The zero-order valence-corrected chi connectivity index (χ0v) is 12.6. The van der Waals surface area contributed by atoms with Gasteiger partial charge in [-0.05, 0) is 25.5 Å². The number of nitrogens with zero attached hydrogens (tertiary/aromatic N) is 2. The van der Waals surface area contributed by atoms with Gasteiger partial charge in [0.05, 0.1) is 24.7 Å². The minimum absolute atomic E-state index is 0.226. The molecule has 0 bridgehead atoms. The lowest BCUT2D eigenvalue weighted by molar-refractivity contribution is -0.331. The third kappa shape index (κ3) is 4.38. The van der Waals surface area contributed by atoms with E-state index >= 15 is 0 Å². The van der Waals surface area contributed by atoms with Crippen LogP contribution in [0.5, 0.6) is 0 Å². The molecule has 1 aliphatic heterocycles. The monoisotopic (exact) mass is 336 g/mol. The van der Waals surface area contributed by atoms with Crippen LogP contribution < -0.4 is 0 Å². The molecule has 2 rings (SSSR count). The number of aromatic nitrogens is 1. The number of carbonyl (C=O) groups excluding carboxylic acids is 1. The normalized spacial score (nSPS) is 19.2. The van der Waals surface area contributed by atoms with Crippen molar-refractivity contribution in [2.24, 2.45) is 5.41 Å². The number of hydrogen-bond donors (Lipinski definition) is 0. The molecular formula is C14H16F4N2O3. The van der Waals surface area contributed by atoms with Crippen molar-refractivity contribution >= 4 is 5.91 Å². The van der Waals surface area contributed by atoms with Crippen LogP contribution in [0.25, 0.3) is 0 Å². The highest BCUT2D eigenvalue weighted by Crippen LogP contribution is 2.34. The topological polar surface area (TPSA) is 51.7 Å². The molecular weight excluding hydrogens is 320 g/mol. The molecule has 2 heterocycles. The summed E-state index contributed by atoms with van der Waals surface area (Å²) in [5.41, 5.74) is -0.893. The number of amides is 1. The van der Waals surface area contributed by atoms with Crippen LogP contribution in [0.3, 0.4) is 0 Å². The molecule has 0 N–H and O–H groups in total. The van der Waals surface area contributed by atoms with Crippen molar-refractivity contribution in [2.75, 3.05) is 13.2 Å². The summed E-state index contributed by atoms with van der Waals surface area (Å²) in [6, 6.07) is 2.08. The highest BCUT2D eigenvalue weighted by Gasteiger charge is 2.42. The molecule has 1 aromatic heterocycles. The Morgan fingerprint density at radius 2 is 2.13 bits per heavy atom. The van der Waals surface area contributed by atoms with Crippen LogP contribution in [0.15, 0.2) is 18.3 Å². The Labute approximate surface area is 130 Å². The zero-order valence-electron chi connectivity index (χ0n) is 12.6. The van der Waals surface area contributed by atoms with Crippen molar-refractivity contribution in [3.63, 3.8) is 0 Å². The number of carbonyl (C=O) groups is 1. The van der Waals surface area contributed by atoms with Crippen LogP contribution in [0, 0.1) is 11.4 Å². The van der Waals surface area contributed by atoms with Gasteiger partial charge in [0.15, 0.2) is 0 Å². The number of hydrogen-bond acceptors (Lipinski definition) is 4. The van der Waals surface area contributed by atoms with Crippen molar-refractivity contribution in [1.82, 2.24) is 10.0 Å². The van der Waals surface area contributed by atoms with E-state index in [-0.39, 0.29) is 6.61 Å². The lowest BCUT2D eigenvalue weighted by Crippen LogP contribution is -2.43. The Hall–Kier alpha value is -1.74. The Bertz CT molecular complexity index is 560. The Kier molecular flexibility index (Phi) is 4.90. The van der Waals surface area contributed by atoms with Crippen LogP contribution >= 0.6 is 0 Å². The molecule has 23 heavy (non-hydrogen) atoms. The first-order valence-corrected chi connectivity index (χ1v) is 6.89. The number of halogens is 4. The van der Waals surface area contributed by atoms with Crippen molar-refractivity contribution in [1.29, 1.82) is 0 Å². The predicted octanol–water partition coefficient (Wildman–Crippen LogP) is 2.99. The predicted molar refractivity (Wildman–Crippen MR) is 70.1 cm³/mol. The fourth-order valence-corrected chi connectivity index (χ4v) is 2.18. The summed E-state index contributed by atoms with van der Waals surface area (Å²) in [6.45, 7) is 2.07. The van der Waals surface area contributed by atoms with Crippen molar-refractivity contribution in [2.45, 2.75) is 32.7 Å². The fourth-order valence-electron chi connectivity index (χ4n) is 2.18. The molecule has 0 radical (unpaired) electrons. The molecule has 5 nitrogen and oxygen atoms in total. The third-order valence-corrected chi connectivity index (χ3v) is 3.42. The summed E-state index contributed by atoms with van der Waals surface area (Å²) >= 11 is 0. The van der Waals surface area contributed by atoms with Crippen molar-refractivity contribution < 1.29 is 31.9 Å². The summed E-state index contributed by atoms with van der Waals surface area (Å²) in [5.74, 6) is -1.31.